The number of ether oxygens (including phenoxy) is 1. The smallest absolute Gasteiger partial charge is 0.167 e. The fourth-order valence-corrected chi connectivity index (χ4v) is 4.32. The average Bonchev–Trinajstić information content (AvgIpc) is 3.48. The van der Waals surface area contributed by atoms with Crippen LogP contribution >= 0.6 is 15.9 Å². The highest BCUT2D eigenvalue weighted by molar-refractivity contribution is 9.10. The maximum atomic E-state index is 10.3. The Morgan fingerprint density at radius 2 is 2.03 bits per heavy atom. The predicted octanol–water partition coefficient (Wildman–Crippen LogP) is 0.286. The molecule has 164 valence electrons. The normalized spacial score (nSPS) is 28.5. The van der Waals surface area contributed by atoms with Gasteiger partial charge in [0.25, 0.3) is 0 Å². The van der Waals surface area contributed by atoms with Crippen molar-refractivity contribution in [1.29, 1.82) is 0 Å². The van der Waals surface area contributed by atoms with Crippen molar-refractivity contribution in [2.75, 3.05) is 29.9 Å². The summed E-state index contributed by atoms with van der Waals surface area (Å²) in [7, 11) is 0. The molecule has 0 unspecified atom stereocenters. The largest absolute Gasteiger partial charge is 0.394 e. The van der Waals surface area contributed by atoms with Crippen molar-refractivity contribution in [3.05, 3.63) is 35.5 Å². The van der Waals surface area contributed by atoms with Gasteiger partial charge >= 0.3 is 0 Å². The first-order chi connectivity index (χ1) is 15.0. The Hall–Kier alpha value is -2.38. The van der Waals surface area contributed by atoms with Gasteiger partial charge in [-0.15, -0.1) is 0 Å². The molecule has 2 aliphatic rings. The summed E-state index contributed by atoms with van der Waals surface area (Å²) in [5, 5.41) is 33.2. The molecule has 3 aromatic heterocycles. The Labute approximate surface area is 185 Å². The predicted molar refractivity (Wildman–Crippen MR) is 115 cm³/mol. The molecule has 0 amide bonds. The quantitative estimate of drug-likeness (QED) is 0.393. The molecule has 5 rings (SSSR count). The van der Waals surface area contributed by atoms with Crippen LogP contribution in [-0.2, 0) is 4.74 Å². The standard InChI is InChI=1S/C19H22BrN7O4/c20-10-1-2-13(21-5-10)26-4-3-11(6-26)25-17-14-18(23-8-22-17)27(9-24-14)19-16(30)15(29)12(7-28)31-19/h1-2,5,8-9,11-12,15-16,19,28-30H,3-4,6-7H2,(H,22,23,25)/t11-,12+,15+,16+,19+/m0/s1. The van der Waals surface area contributed by atoms with E-state index >= 15 is 0 Å². The molecule has 0 saturated carbocycles. The van der Waals surface area contributed by atoms with Crippen LogP contribution in [0.5, 0.6) is 0 Å². The fourth-order valence-electron chi connectivity index (χ4n) is 4.09. The number of aromatic nitrogens is 5. The molecule has 5 heterocycles. The molecule has 0 bridgehead atoms. The van der Waals surface area contributed by atoms with Gasteiger partial charge in [0.05, 0.1) is 12.9 Å². The van der Waals surface area contributed by atoms with Gasteiger partial charge in [-0.25, -0.2) is 19.9 Å². The first kappa shape index (κ1) is 20.5. The van der Waals surface area contributed by atoms with Crippen LogP contribution in [0.15, 0.2) is 35.5 Å². The van der Waals surface area contributed by atoms with Gasteiger partial charge in [0.2, 0.25) is 0 Å². The number of imidazole rings is 1. The first-order valence-corrected chi connectivity index (χ1v) is 10.8. The number of aliphatic hydroxyl groups is 3. The number of rotatable bonds is 5. The van der Waals surface area contributed by atoms with Crippen LogP contribution in [0.3, 0.4) is 0 Å². The second kappa shape index (κ2) is 8.28. The Morgan fingerprint density at radius 1 is 1.16 bits per heavy atom. The molecule has 12 heteroatoms. The Kier molecular flexibility index (Phi) is 5.48. The maximum Gasteiger partial charge on any atom is 0.167 e. The molecule has 5 atom stereocenters. The number of nitrogens with zero attached hydrogens (tertiary/aromatic N) is 6. The van der Waals surface area contributed by atoms with E-state index < -0.39 is 31.1 Å². The highest BCUT2D eigenvalue weighted by Crippen LogP contribution is 2.32. The molecule has 0 spiro atoms. The Bertz CT molecular complexity index is 1070. The zero-order valence-electron chi connectivity index (χ0n) is 16.4. The molecule has 31 heavy (non-hydrogen) atoms. The number of halogens is 1. The average molecular weight is 492 g/mol. The molecule has 0 radical (unpaired) electrons. The summed E-state index contributed by atoms with van der Waals surface area (Å²) in [6, 6.07) is 4.11. The van der Waals surface area contributed by atoms with Crippen LogP contribution in [0.25, 0.3) is 11.2 Å². The molecule has 2 aliphatic heterocycles. The number of anilines is 2. The van der Waals surface area contributed by atoms with Crippen LogP contribution in [-0.4, -0.2) is 83.9 Å². The van der Waals surface area contributed by atoms with Gasteiger partial charge in [0.15, 0.2) is 23.2 Å². The maximum absolute atomic E-state index is 10.3. The van der Waals surface area contributed by atoms with Crippen LogP contribution in [0.4, 0.5) is 11.6 Å². The van der Waals surface area contributed by atoms with Crippen molar-refractivity contribution in [2.24, 2.45) is 0 Å². The van der Waals surface area contributed by atoms with Gasteiger partial charge in [0.1, 0.15) is 30.5 Å². The molecular weight excluding hydrogens is 470 g/mol. The minimum absolute atomic E-state index is 0.155. The van der Waals surface area contributed by atoms with Gasteiger partial charge in [-0.3, -0.25) is 4.57 Å². The van der Waals surface area contributed by atoms with Crippen molar-refractivity contribution in [2.45, 2.75) is 37.0 Å². The summed E-state index contributed by atoms with van der Waals surface area (Å²) in [5.41, 5.74) is 1.01. The highest BCUT2D eigenvalue weighted by atomic mass is 79.9. The summed E-state index contributed by atoms with van der Waals surface area (Å²) in [4.78, 5) is 19.7. The van der Waals surface area contributed by atoms with Crippen molar-refractivity contribution >= 4 is 38.7 Å². The van der Waals surface area contributed by atoms with Crippen LogP contribution < -0.4 is 10.2 Å². The fraction of sp³-hybridized carbons (Fsp3) is 0.474. The second-order valence-corrected chi connectivity index (χ2v) is 8.60. The van der Waals surface area contributed by atoms with E-state index in [1.54, 1.807) is 10.8 Å². The molecule has 0 aliphatic carbocycles. The van der Waals surface area contributed by atoms with E-state index in [1.807, 2.05) is 12.1 Å². The van der Waals surface area contributed by atoms with Gasteiger partial charge in [-0.05, 0) is 34.5 Å². The van der Waals surface area contributed by atoms with E-state index in [1.165, 1.54) is 12.7 Å². The lowest BCUT2D eigenvalue weighted by atomic mass is 10.1. The van der Waals surface area contributed by atoms with E-state index in [0.717, 1.165) is 29.8 Å². The lowest BCUT2D eigenvalue weighted by Gasteiger charge is -2.18. The summed E-state index contributed by atoms with van der Waals surface area (Å²) in [6.45, 7) is 1.25. The first-order valence-electron chi connectivity index (χ1n) is 9.98. The lowest BCUT2D eigenvalue weighted by molar-refractivity contribution is -0.0511. The minimum Gasteiger partial charge on any atom is -0.394 e. The number of fused-ring (bicyclic) bond motifs is 1. The van der Waals surface area contributed by atoms with Gasteiger partial charge in [0, 0.05) is 29.8 Å². The lowest BCUT2D eigenvalue weighted by Crippen LogP contribution is -2.33. The summed E-state index contributed by atoms with van der Waals surface area (Å²) < 4.78 is 8.10. The van der Waals surface area contributed by atoms with Crippen LogP contribution in [0.2, 0.25) is 0 Å². The van der Waals surface area contributed by atoms with E-state index in [9.17, 15) is 15.3 Å². The number of pyridine rings is 1. The zero-order valence-corrected chi connectivity index (χ0v) is 18.0. The molecule has 4 N–H and O–H groups in total. The summed E-state index contributed by atoms with van der Waals surface area (Å²) in [6.07, 6.45) is 1.46. The van der Waals surface area contributed by atoms with Gasteiger partial charge in [-0.2, -0.15) is 0 Å². The SMILES string of the molecule is OC[C@H]1O[C@@H](n2cnc3c(N[C@H]4CCN(c5ccc(Br)cn5)C4)ncnc32)[C@H](O)[C@@H]1O. The summed E-state index contributed by atoms with van der Waals surface area (Å²) >= 11 is 3.41. The Morgan fingerprint density at radius 3 is 2.77 bits per heavy atom. The molecule has 3 aromatic rings. The van der Waals surface area contributed by atoms with E-state index in [2.05, 4.69) is 46.1 Å². The van der Waals surface area contributed by atoms with Crippen LogP contribution in [0.1, 0.15) is 12.6 Å². The van der Waals surface area contributed by atoms with Crippen LogP contribution in [0, 0.1) is 0 Å². The van der Waals surface area contributed by atoms with E-state index in [0.29, 0.717) is 17.0 Å². The third-order valence-electron chi connectivity index (χ3n) is 5.71. The number of hydrogen-bond donors (Lipinski definition) is 4. The topological polar surface area (TPSA) is 142 Å². The highest BCUT2D eigenvalue weighted by Gasteiger charge is 2.44. The number of nitrogens with one attached hydrogen (secondary N) is 1. The van der Waals surface area contributed by atoms with Crippen molar-refractivity contribution < 1.29 is 20.1 Å². The van der Waals surface area contributed by atoms with Crippen molar-refractivity contribution in [3.63, 3.8) is 0 Å². The molecular formula is C19H22BrN7O4. The number of hydrogen-bond acceptors (Lipinski definition) is 10. The van der Waals surface area contributed by atoms with E-state index in [-0.39, 0.29) is 6.04 Å². The number of aliphatic hydroxyl groups excluding tert-OH is 3. The van der Waals surface area contributed by atoms with Crippen molar-refractivity contribution in [3.8, 4) is 0 Å². The second-order valence-electron chi connectivity index (χ2n) is 7.69. The third-order valence-corrected chi connectivity index (χ3v) is 6.18. The molecule has 11 nitrogen and oxygen atoms in total. The molecule has 0 aromatic carbocycles. The Balaban J connectivity index is 1.34. The minimum atomic E-state index is -1.21. The molecule has 2 saturated heterocycles. The van der Waals surface area contributed by atoms with Gasteiger partial charge < -0.3 is 30.3 Å². The monoisotopic (exact) mass is 491 g/mol. The summed E-state index contributed by atoms with van der Waals surface area (Å²) in [5.74, 6) is 1.51. The van der Waals surface area contributed by atoms with Gasteiger partial charge in [-0.1, -0.05) is 0 Å². The third kappa shape index (κ3) is 3.74. The zero-order chi connectivity index (χ0) is 21.5. The van der Waals surface area contributed by atoms with E-state index in [4.69, 9.17) is 4.74 Å². The molecule has 2 fully saturated rings. The van der Waals surface area contributed by atoms with Crippen molar-refractivity contribution in [1.82, 2.24) is 24.5 Å².